The number of carbonyl (C=O) groups excluding carboxylic acids is 4. The van der Waals surface area contributed by atoms with E-state index in [2.05, 4.69) is 20.6 Å². The van der Waals surface area contributed by atoms with E-state index in [9.17, 15) is 19.2 Å². The number of ether oxygens (including phenoxy) is 2. The summed E-state index contributed by atoms with van der Waals surface area (Å²) in [7, 11) is 1.29. The molecule has 3 saturated carbocycles. The molecule has 4 heterocycles. The van der Waals surface area contributed by atoms with E-state index in [0.717, 1.165) is 48.7 Å². The molecule has 0 bridgehead atoms. The summed E-state index contributed by atoms with van der Waals surface area (Å²) in [5.41, 5.74) is 5.48. The highest BCUT2D eigenvalue weighted by atomic mass is 19.3. The molecule has 2 aromatic heterocycles. The number of halogens is 2. The van der Waals surface area contributed by atoms with Gasteiger partial charge in [0.2, 0.25) is 11.8 Å². The number of hydrogen-bond acceptors (Lipinski definition) is 8. The minimum absolute atomic E-state index is 0.0150. The van der Waals surface area contributed by atoms with Crippen molar-refractivity contribution < 1.29 is 37.4 Å². The second-order valence-corrected chi connectivity index (χ2v) is 21.9. The van der Waals surface area contributed by atoms with Gasteiger partial charge in [0, 0.05) is 34.7 Å². The molecule has 372 valence electrons. The smallest absolute Gasteiger partial charge is 0.408 e. The van der Waals surface area contributed by atoms with Gasteiger partial charge in [-0.2, -0.15) is 8.78 Å². The number of rotatable bonds is 12. The van der Waals surface area contributed by atoms with Gasteiger partial charge in [-0.1, -0.05) is 88.4 Å². The molecule has 6 aliphatic rings. The van der Waals surface area contributed by atoms with Crippen molar-refractivity contribution in [3.63, 3.8) is 0 Å². The molecule has 2 spiro atoms. The molecule has 16 heteroatoms. The number of hydrogen-bond donors (Lipinski definition) is 4. The average Bonchev–Trinajstić information content (AvgIpc) is 3.95. The third-order valence-electron chi connectivity index (χ3n) is 16.9. The number of nitrogens with zero attached hydrogens (tertiary/aromatic N) is 4. The highest BCUT2D eigenvalue weighted by Gasteiger charge is 2.78. The zero-order chi connectivity index (χ0) is 50.0. The Morgan fingerprint density at radius 2 is 1.44 bits per heavy atom. The van der Waals surface area contributed by atoms with Crippen LogP contribution in [0, 0.1) is 28.6 Å². The lowest BCUT2D eigenvalue weighted by atomic mass is 9.75. The molecule has 2 saturated heterocycles. The predicted molar refractivity (Wildman–Crippen MR) is 264 cm³/mol. The number of methoxy groups -OCH3 is 1. The summed E-state index contributed by atoms with van der Waals surface area (Å²) in [5.74, 6) is -2.25. The number of H-pyrrole nitrogens is 2. The highest BCUT2D eigenvalue weighted by molar-refractivity contribution is 5.90. The Kier molecular flexibility index (Phi) is 10.7. The zero-order valence-electron chi connectivity index (χ0n) is 40.9. The van der Waals surface area contributed by atoms with Gasteiger partial charge in [0.15, 0.2) is 0 Å². The summed E-state index contributed by atoms with van der Waals surface area (Å²) < 4.78 is 44.0. The van der Waals surface area contributed by atoms with Gasteiger partial charge in [-0.25, -0.2) is 19.6 Å². The van der Waals surface area contributed by atoms with Gasteiger partial charge in [-0.15, -0.1) is 0 Å². The van der Waals surface area contributed by atoms with Crippen LogP contribution >= 0.6 is 0 Å². The quantitative estimate of drug-likeness (QED) is 0.0937. The van der Waals surface area contributed by atoms with Crippen LogP contribution in [0.15, 0.2) is 91.1 Å². The van der Waals surface area contributed by atoms with Crippen LogP contribution in [0.25, 0.3) is 44.5 Å². The van der Waals surface area contributed by atoms with Gasteiger partial charge < -0.3 is 39.9 Å². The molecule has 12 rings (SSSR count). The first-order valence-electron chi connectivity index (χ1n) is 25.3. The van der Waals surface area contributed by atoms with Gasteiger partial charge in [-0.3, -0.25) is 9.59 Å². The van der Waals surface area contributed by atoms with Crippen LogP contribution in [0.5, 0.6) is 0 Å². The molecular weight excluding hydrogens is 919 g/mol. The number of alkyl carbamates (subject to hydrolysis) is 2. The van der Waals surface area contributed by atoms with E-state index < -0.39 is 30.2 Å². The molecule has 7 atom stereocenters. The number of carbonyl (C=O) groups is 4. The maximum absolute atomic E-state index is 16.8. The average molecular weight is 977 g/mol. The van der Waals surface area contributed by atoms with E-state index in [1.165, 1.54) is 13.2 Å². The van der Waals surface area contributed by atoms with Gasteiger partial charge >= 0.3 is 12.2 Å². The first-order chi connectivity index (χ1) is 34.6. The number of aromatic amines is 2. The maximum Gasteiger partial charge on any atom is 0.408 e. The molecule has 7 unspecified atom stereocenters. The number of imidazole rings is 2. The van der Waals surface area contributed by atoms with Crippen LogP contribution in [0.4, 0.5) is 18.4 Å². The Balaban J connectivity index is 0.772. The fraction of sp³-hybridized carbons (Fsp3) is 0.429. The number of fused-ring (bicyclic) bond motifs is 4. The van der Waals surface area contributed by atoms with E-state index in [-0.39, 0.29) is 70.3 Å². The summed E-state index contributed by atoms with van der Waals surface area (Å²) >= 11 is 0. The topological polar surface area (TPSA) is 175 Å². The minimum Gasteiger partial charge on any atom is -0.453 e. The molecule has 4 aliphatic carbocycles. The Hall–Kier alpha value is -7.10. The lowest BCUT2D eigenvalue weighted by Gasteiger charge is -2.55. The SMILES string of the molecule is COC(=O)NC(C(=O)N1C2CCC3CC32C1c1nc2ccc(-c3ccc4c(c3)C(F)(F)c3cc(-c5cnc(C6CC7(CC7)CN6C(=O)C(NC(=O)OCc6ccccc6)C(C)C)[nH]5)ccc3-4)cc2[nH]1)C(C)C. The molecule has 5 fully saturated rings. The van der Waals surface area contributed by atoms with E-state index in [1.54, 1.807) is 24.4 Å². The fourth-order valence-electron chi connectivity index (χ4n) is 12.8. The molecule has 4 N–H and O–H groups in total. The molecule has 0 radical (unpaired) electrons. The van der Waals surface area contributed by atoms with E-state index in [1.807, 2.05) is 98.2 Å². The van der Waals surface area contributed by atoms with Crippen LogP contribution in [-0.2, 0) is 31.6 Å². The van der Waals surface area contributed by atoms with Crippen molar-refractivity contribution >= 4 is 35.0 Å². The second kappa shape index (κ2) is 16.7. The Morgan fingerprint density at radius 1 is 0.778 bits per heavy atom. The van der Waals surface area contributed by atoms with Crippen molar-refractivity contribution in [3.05, 3.63) is 119 Å². The number of nitrogens with one attached hydrogen (secondary N) is 4. The predicted octanol–water partition coefficient (Wildman–Crippen LogP) is 10.2. The van der Waals surface area contributed by atoms with Crippen molar-refractivity contribution in [1.82, 2.24) is 40.4 Å². The maximum atomic E-state index is 16.8. The molecule has 2 aliphatic heterocycles. The van der Waals surface area contributed by atoms with Crippen LogP contribution in [0.3, 0.4) is 0 Å². The standard InChI is InChI=1S/C56H58F2N8O6/c1-29(2)45(64-53(70)72-27-31-9-7-6-8-10-31)50(67)65-28-54(19-20-54)25-43(65)48-59-26-42(62-48)34-12-16-37-36-15-11-32(21-38(36)56(57,58)39(37)22-34)33-13-17-40-41(23-33)61-49(60-40)47-55-24-35(55)14-18-44(55)66(47)51(68)46(30(3)4)63-52(69)71-5/h6-13,15-17,21-23,26,29-30,35,43-47H,14,18-20,24-25,27-28H2,1-5H3,(H,59,62)(H,60,61)(H,63,69)(H,64,70). The van der Waals surface area contributed by atoms with E-state index in [0.29, 0.717) is 64.0 Å². The molecule has 72 heavy (non-hydrogen) atoms. The number of aromatic nitrogens is 4. The second-order valence-electron chi connectivity index (χ2n) is 21.9. The van der Waals surface area contributed by atoms with Crippen LogP contribution < -0.4 is 10.6 Å². The summed E-state index contributed by atoms with van der Waals surface area (Å²) in [6.07, 6.45) is 6.00. The lowest BCUT2D eigenvalue weighted by molar-refractivity contribution is -0.161. The van der Waals surface area contributed by atoms with Gasteiger partial charge in [-0.05, 0) is 114 Å². The third kappa shape index (κ3) is 7.36. The third-order valence-corrected chi connectivity index (χ3v) is 16.9. The van der Waals surface area contributed by atoms with Gasteiger partial charge in [0.05, 0.1) is 42.1 Å². The van der Waals surface area contributed by atoms with Crippen LogP contribution in [0.1, 0.15) is 107 Å². The van der Waals surface area contributed by atoms with Gasteiger partial charge in [0.25, 0.3) is 5.92 Å². The van der Waals surface area contributed by atoms with Crippen molar-refractivity contribution in [3.8, 4) is 33.5 Å². The minimum atomic E-state index is -3.30. The first-order valence-corrected chi connectivity index (χ1v) is 25.3. The van der Waals surface area contributed by atoms with Crippen molar-refractivity contribution in [2.24, 2.45) is 28.6 Å². The van der Waals surface area contributed by atoms with Crippen molar-refractivity contribution in [2.45, 2.75) is 109 Å². The van der Waals surface area contributed by atoms with Crippen LogP contribution in [-0.4, -0.2) is 85.5 Å². The molecular formula is C56H58F2N8O6. The number of amides is 4. The molecule has 4 aromatic carbocycles. The largest absolute Gasteiger partial charge is 0.453 e. The Bertz CT molecular complexity index is 3180. The normalized spacial score (nSPS) is 24.3. The fourth-order valence-corrected chi connectivity index (χ4v) is 12.8. The molecule has 6 aromatic rings. The number of likely N-dealkylation sites (tertiary alicyclic amines) is 2. The van der Waals surface area contributed by atoms with Gasteiger partial charge in [0.1, 0.15) is 30.3 Å². The first kappa shape index (κ1) is 46.0. The van der Waals surface area contributed by atoms with E-state index in [4.69, 9.17) is 19.4 Å². The summed E-state index contributed by atoms with van der Waals surface area (Å²) in [4.78, 5) is 74.2. The lowest BCUT2D eigenvalue weighted by Crippen LogP contribution is -2.65. The van der Waals surface area contributed by atoms with Crippen molar-refractivity contribution in [1.29, 1.82) is 0 Å². The van der Waals surface area contributed by atoms with Crippen molar-refractivity contribution in [2.75, 3.05) is 13.7 Å². The molecule has 4 amide bonds. The molecule has 14 nitrogen and oxygen atoms in total. The monoisotopic (exact) mass is 976 g/mol. The zero-order valence-corrected chi connectivity index (χ0v) is 40.9. The van der Waals surface area contributed by atoms with E-state index >= 15 is 8.78 Å². The summed E-state index contributed by atoms with van der Waals surface area (Å²) in [5, 5.41) is 5.58. The highest BCUT2D eigenvalue weighted by Crippen LogP contribution is 2.78. The Labute approximate surface area is 415 Å². The Morgan fingerprint density at radius 3 is 2.14 bits per heavy atom. The summed E-state index contributed by atoms with van der Waals surface area (Å²) in [6.45, 7) is 8.21. The number of benzene rings is 4. The number of alkyl halides is 2. The van der Waals surface area contributed by atoms with Crippen LogP contribution in [0.2, 0.25) is 0 Å². The summed E-state index contributed by atoms with van der Waals surface area (Å²) in [6, 6.07) is 23.2.